The number of hydrogen-bond donors (Lipinski definition) is 2. The van der Waals surface area contributed by atoms with Crippen LogP contribution in [0.1, 0.15) is 44.4 Å². The van der Waals surface area contributed by atoms with E-state index in [0.29, 0.717) is 5.56 Å². The van der Waals surface area contributed by atoms with Gasteiger partial charge in [0.1, 0.15) is 0 Å². The number of rotatable bonds is 4. The number of nitrogens with one attached hydrogen (secondary N) is 2. The van der Waals surface area contributed by atoms with Crippen LogP contribution in [0.15, 0.2) is 42.5 Å². The number of benzene rings is 2. The number of anilines is 3. The second-order valence-electron chi connectivity index (χ2n) is 8.52. The molecule has 162 valence electrons. The smallest absolute Gasteiger partial charge is 0.224 e. The Balaban J connectivity index is 1.76. The van der Waals surface area contributed by atoms with Gasteiger partial charge in [0.25, 0.3) is 0 Å². The number of nitriles is 1. The van der Waals surface area contributed by atoms with Crippen LogP contribution >= 0.6 is 0 Å². The molecule has 2 heterocycles. The van der Waals surface area contributed by atoms with Crippen LogP contribution in [0.4, 0.5) is 17.1 Å². The predicted octanol–water partition coefficient (Wildman–Crippen LogP) is 3.90. The normalized spacial score (nSPS) is 23.1. The molecule has 1 amide bonds. The third-order valence-corrected chi connectivity index (χ3v) is 6.65. The predicted molar refractivity (Wildman–Crippen MR) is 125 cm³/mol. The summed E-state index contributed by atoms with van der Waals surface area (Å²) in [6.07, 6.45) is 0.894. The van der Waals surface area contributed by atoms with Gasteiger partial charge < -0.3 is 20.4 Å². The minimum absolute atomic E-state index is 0.0753. The highest BCUT2D eigenvalue weighted by Crippen LogP contribution is 2.45. The molecule has 2 aliphatic heterocycles. The molecule has 0 unspecified atom stereocenters. The van der Waals surface area contributed by atoms with Gasteiger partial charge in [-0.1, -0.05) is 13.8 Å². The van der Waals surface area contributed by atoms with E-state index in [-0.39, 0.29) is 23.9 Å². The third-order valence-electron chi connectivity index (χ3n) is 6.65. The standard InChI is InChI=1S/C25H31N5O/c1-4-23-17(2)25(28-20-7-5-19(16-26)6-8-20)22-15-21(29-13-11-27-12-14-29)9-10-24(22)30(23)18(3)31/h5-10,15,17,23,25,27-28H,4,11-14H2,1-3H3/t17-,23-,25+/m0/s1. The van der Waals surface area contributed by atoms with E-state index in [2.05, 4.69) is 53.6 Å². The number of hydrogen-bond acceptors (Lipinski definition) is 5. The molecular formula is C25H31N5O. The van der Waals surface area contributed by atoms with Gasteiger partial charge in [0, 0.05) is 67.7 Å². The molecule has 0 aliphatic carbocycles. The zero-order chi connectivity index (χ0) is 22.0. The summed E-state index contributed by atoms with van der Waals surface area (Å²) in [4.78, 5) is 17.0. The Labute approximate surface area is 184 Å². The summed E-state index contributed by atoms with van der Waals surface area (Å²) in [6.45, 7) is 9.97. The molecule has 0 bridgehead atoms. The molecule has 0 saturated carbocycles. The van der Waals surface area contributed by atoms with E-state index in [1.807, 2.05) is 29.2 Å². The number of fused-ring (bicyclic) bond motifs is 1. The van der Waals surface area contributed by atoms with Crippen molar-refractivity contribution in [2.75, 3.05) is 41.3 Å². The van der Waals surface area contributed by atoms with Crippen LogP contribution in [0.5, 0.6) is 0 Å². The zero-order valence-corrected chi connectivity index (χ0v) is 18.6. The Hall–Kier alpha value is -3.04. The molecule has 0 spiro atoms. The van der Waals surface area contributed by atoms with Crippen molar-refractivity contribution in [2.45, 2.75) is 39.3 Å². The van der Waals surface area contributed by atoms with Crippen molar-refractivity contribution in [3.63, 3.8) is 0 Å². The first-order chi connectivity index (χ1) is 15.0. The first kappa shape index (κ1) is 21.2. The summed E-state index contributed by atoms with van der Waals surface area (Å²) in [7, 11) is 0. The Morgan fingerprint density at radius 2 is 1.90 bits per heavy atom. The van der Waals surface area contributed by atoms with Crippen LogP contribution in [0.25, 0.3) is 0 Å². The molecule has 3 atom stereocenters. The number of piperazine rings is 1. The lowest BCUT2D eigenvalue weighted by Crippen LogP contribution is -2.50. The topological polar surface area (TPSA) is 71.4 Å². The van der Waals surface area contributed by atoms with Crippen molar-refractivity contribution >= 4 is 23.0 Å². The van der Waals surface area contributed by atoms with Gasteiger partial charge >= 0.3 is 0 Å². The highest BCUT2D eigenvalue weighted by atomic mass is 16.2. The first-order valence-corrected chi connectivity index (χ1v) is 11.2. The van der Waals surface area contributed by atoms with E-state index < -0.39 is 0 Å². The summed E-state index contributed by atoms with van der Waals surface area (Å²) < 4.78 is 0. The Kier molecular flexibility index (Phi) is 6.15. The molecule has 2 aliphatic rings. The van der Waals surface area contributed by atoms with Gasteiger partial charge in [-0.15, -0.1) is 0 Å². The molecule has 2 N–H and O–H groups in total. The van der Waals surface area contributed by atoms with Crippen LogP contribution in [0, 0.1) is 17.2 Å². The Morgan fingerprint density at radius 3 is 2.52 bits per heavy atom. The van der Waals surface area contributed by atoms with Crippen molar-refractivity contribution in [1.82, 2.24) is 5.32 Å². The van der Waals surface area contributed by atoms with Crippen molar-refractivity contribution in [3.8, 4) is 6.07 Å². The molecule has 1 fully saturated rings. The van der Waals surface area contributed by atoms with Crippen molar-refractivity contribution in [1.29, 1.82) is 5.26 Å². The van der Waals surface area contributed by atoms with Crippen molar-refractivity contribution in [3.05, 3.63) is 53.6 Å². The highest BCUT2D eigenvalue weighted by molar-refractivity contribution is 5.94. The SMILES string of the molecule is CC[C@H]1[C@H](C)[C@@H](Nc2ccc(C#N)cc2)c2cc(N3CCNCC3)ccc2N1C(C)=O. The third kappa shape index (κ3) is 4.11. The lowest BCUT2D eigenvalue weighted by atomic mass is 9.80. The summed E-state index contributed by atoms with van der Waals surface area (Å²) in [6, 6.07) is 16.5. The quantitative estimate of drug-likeness (QED) is 0.789. The summed E-state index contributed by atoms with van der Waals surface area (Å²) in [5.41, 5.74) is 5.01. The van der Waals surface area contributed by atoms with Crippen LogP contribution in [0.2, 0.25) is 0 Å². The number of carbonyl (C=O) groups is 1. The van der Waals surface area contributed by atoms with E-state index in [0.717, 1.165) is 49.5 Å². The second kappa shape index (κ2) is 8.99. The molecule has 6 heteroatoms. The van der Waals surface area contributed by atoms with Gasteiger partial charge in [-0.25, -0.2) is 0 Å². The Bertz CT molecular complexity index is 974. The lowest BCUT2D eigenvalue weighted by Gasteiger charge is -2.46. The van der Waals surface area contributed by atoms with E-state index in [4.69, 9.17) is 5.26 Å². The average Bonchev–Trinajstić information content (AvgIpc) is 2.81. The average molecular weight is 418 g/mol. The van der Waals surface area contributed by atoms with Gasteiger partial charge in [0.15, 0.2) is 0 Å². The largest absolute Gasteiger partial charge is 0.378 e. The second-order valence-corrected chi connectivity index (χ2v) is 8.52. The first-order valence-electron chi connectivity index (χ1n) is 11.2. The maximum absolute atomic E-state index is 12.7. The molecule has 4 rings (SSSR count). The van der Waals surface area contributed by atoms with E-state index in [9.17, 15) is 4.79 Å². The van der Waals surface area contributed by atoms with Gasteiger partial charge in [-0.2, -0.15) is 5.26 Å². The summed E-state index contributed by atoms with van der Waals surface area (Å²) >= 11 is 0. The molecule has 0 radical (unpaired) electrons. The van der Waals surface area contributed by atoms with E-state index in [1.54, 1.807) is 6.92 Å². The van der Waals surface area contributed by atoms with E-state index in [1.165, 1.54) is 5.69 Å². The minimum atomic E-state index is 0.0753. The van der Waals surface area contributed by atoms with Crippen LogP contribution in [-0.4, -0.2) is 38.1 Å². The van der Waals surface area contributed by atoms with E-state index >= 15 is 0 Å². The molecule has 0 aromatic heterocycles. The number of amides is 1. The van der Waals surface area contributed by atoms with Gasteiger partial charge in [0.05, 0.1) is 17.7 Å². The molecule has 6 nitrogen and oxygen atoms in total. The summed E-state index contributed by atoms with van der Waals surface area (Å²) in [5.74, 6) is 0.321. The number of nitrogens with zero attached hydrogens (tertiary/aromatic N) is 3. The fraction of sp³-hybridized carbons (Fsp3) is 0.440. The van der Waals surface area contributed by atoms with Crippen molar-refractivity contribution in [2.24, 2.45) is 5.92 Å². The maximum Gasteiger partial charge on any atom is 0.224 e. The van der Waals surface area contributed by atoms with Gasteiger partial charge in [-0.3, -0.25) is 4.79 Å². The van der Waals surface area contributed by atoms with Gasteiger partial charge in [-0.05, 0) is 48.9 Å². The monoisotopic (exact) mass is 417 g/mol. The fourth-order valence-electron chi connectivity index (χ4n) is 5.04. The Morgan fingerprint density at radius 1 is 1.19 bits per heavy atom. The lowest BCUT2D eigenvalue weighted by molar-refractivity contribution is -0.117. The molecule has 2 aromatic carbocycles. The molecule has 1 saturated heterocycles. The van der Waals surface area contributed by atoms with Crippen molar-refractivity contribution < 1.29 is 4.79 Å². The van der Waals surface area contributed by atoms with Crippen LogP contribution < -0.4 is 20.4 Å². The zero-order valence-electron chi connectivity index (χ0n) is 18.6. The fourth-order valence-corrected chi connectivity index (χ4v) is 5.04. The van der Waals surface area contributed by atoms with Gasteiger partial charge in [0.2, 0.25) is 5.91 Å². The minimum Gasteiger partial charge on any atom is -0.378 e. The molecule has 2 aromatic rings. The highest BCUT2D eigenvalue weighted by Gasteiger charge is 2.39. The number of carbonyl (C=O) groups excluding carboxylic acids is 1. The van der Waals surface area contributed by atoms with Crippen LogP contribution in [0.3, 0.4) is 0 Å². The molecule has 31 heavy (non-hydrogen) atoms. The summed E-state index contributed by atoms with van der Waals surface area (Å²) in [5, 5.41) is 16.2. The van der Waals surface area contributed by atoms with Crippen LogP contribution in [-0.2, 0) is 4.79 Å². The maximum atomic E-state index is 12.7. The molecular weight excluding hydrogens is 386 g/mol.